The van der Waals surface area contributed by atoms with E-state index in [1.54, 1.807) is 0 Å². The quantitative estimate of drug-likeness (QED) is 0.621. The van der Waals surface area contributed by atoms with Crippen LogP contribution in [0.5, 0.6) is 0 Å². The van der Waals surface area contributed by atoms with Gasteiger partial charge in [-0.15, -0.1) is 0 Å². The van der Waals surface area contributed by atoms with Crippen molar-refractivity contribution in [1.82, 2.24) is 10.6 Å². The van der Waals surface area contributed by atoms with Gasteiger partial charge in [0.1, 0.15) is 6.04 Å². The number of hydrogen-bond donors (Lipinski definition) is 3. The molecule has 2 amide bonds. The normalized spacial score (nSPS) is 13.9. The van der Waals surface area contributed by atoms with E-state index in [4.69, 9.17) is 5.11 Å². The lowest BCUT2D eigenvalue weighted by atomic mass is 10.1. The van der Waals surface area contributed by atoms with E-state index >= 15 is 0 Å². The summed E-state index contributed by atoms with van der Waals surface area (Å²) in [6.45, 7) is 6.53. The highest BCUT2D eigenvalue weighted by Gasteiger charge is 2.18. The molecule has 0 aromatic heterocycles. The van der Waals surface area contributed by atoms with E-state index in [1.165, 1.54) is 0 Å². The number of amides is 2. The summed E-state index contributed by atoms with van der Waals surface area (Å²) in [6.07, 6.45) is 2.16. The number of urea groups is 1. The number of nitrogens with one attached hydrogen (secondary N) is 2. The zero-order valence-electron chi connectivity index (χ0n) is 10.2. The average Bonchev–Trinajstić information content (AvgIpc) is 2.25. The molecule has 16 heavy (non-hydrogen) atoms. The van der Waals surface area contributed by atoms with Crippen LogP contribution in [-0.2, 0) is 4.79 Å². The van der Waals surface area contributed by atoms with E-state index in [0.717, 1.165) is 12.8 Å². The second kappa shape index (κ2) is 7.96. The minimum absolute atomic E-state index is 0.402. The molecule has 0 saturated carbocycles. The molecule has 2 atom stereocenters. The fourth-order valence-electron chi connectivity index (χ4n) is 1.17. The van der Waals surface area contributed by atoms with Gasteiger partial charge in [0.15, 0.2) is 0 Å². The molecule has 0 saturated heterocycles. The Labute approximate surface area is 96.6 Å². The summed E-state index contributed by atoms with van der Waals surface area (Å²) in [5.74, 6) is -0.583. The number of carbonyl (C=O) groups excluding carboxylic acids is 1. The Balaban J connectivity index is 3.95. The molecular weight excluding hydrogens is 208 g/mol. The van der Waals surface area contributed by atoms with Gasteiger partial charge < -0.3 is 15.7 Å². The molecule has 0 aliphatic heterocycles. The van der Waals surface area contributed by atoms with Gasteiger partial charge >= 0.3 is 12.0 Å². The summed E-state index contributed by atoms with van der Waals surface area (Å²) in [5.41, 5.74) is 0. The fourth-order valence-corrected chi connectivity index (χ4v) is 1.17. The zero-order valence-corrected chi connectivity index (χ0v) is 10.2. The second-order valence-corrected chi connectivity index (χ2v) is 4.05. The Morgan fingerprint density at radius 1 is 1.31 bits per heavy atom. The maximum Gasteiger partial charge on any atom is 0.326 e. The lowest BCUT2D eigenvalue weighted by Gasteiger charge is -2.15. The van der Waals surface area contributed by atoms with Crippen LogP contribution in [0.15, 0.2) is 0 Å². The van der Waals surface area contributed by atoms with Gasteiger partial charge in [-0.3, -0.25) is 0 Å². The van der Waals surface area contributed by atoms with Crippen LogP contribution in [0, 0.1) is 5.92 Å². The molecular formula is C11H22N2O3. The highest BCUT2D eigenvalue weighted by atomic mass is 16.4. The van der Waals surface area contributed by atoms with Crippen molar-refractivity contribution in [2.24, 2.45) is 5.92 Å². The predicted molar refractivity (Wildman–Crippen MR) is 62.3 cm³/mol. The number of carboxylic acids is 1. The van der Waals surface area contributed by atoms with E-state index < -0.39 is 18.0 Å². The summed E-state index contributed by atoms with van der Waals surface area (Å²) in [7, 11) is 0. The topological polar surface area (TPSA) is 78.4 Å². The number of rotatable bonds is 7. The van der Waals surface area contributed by atoms with Crippen LogP contribution in [0.25, 0.3) is 0 Å². The maximum atomic E-state index is 11.4. The van der Waals surface area contributed by atoms with Gasteiger partial charge in [-0.25, -0.2) is 9.59 Å². The molecule has 0 aromatic rings. The van der Waals surface area contributed by atoms with Gasteiger partial charge in [-0.05, 0) is 12.3 Å². The molecule has 3 N–H and O–H groups in total. The van der Waals surface area contributed by atoms with Crippen molar-refractivity contribution in [3.63, 3.8) is 0 Å². The first kappa shape index (κ1) is 14.7. The molecule has 0 heterocycles. The van der Waals surface area contributed by atoms with Gasteiger partial charge in [0.05, 0.1) is 0 Å². The fraction of sp³-hybridized carbons (Fsp3) is 0.818. The minimum atomic E-state index is -0.986. The first-order chi connectivity index (χ1) is 7.51. The van der Waals surface area contributed by atoms with Crippen molar-refractivity contribution < 1.29 is 14.7 Å². The third kappa shape index (κ3) is 6.27. The predicted octanol–water partition coefficient (Wildman–Crippen LogP) is 1.59. The van der Waals surface area contributed by atoms with Crippen molar-refractivity contribution in [3.05, 3.63) is 0 Å². The highest BCUT2D eigenvalue weighted by molar-refractivity contribution is 5.82. The second-order valence-electron chi connectivity index (χ2n) is 4.05. The number of aliphatic carboxylic acids is 1. The molecule has 0 aromatic carbocycles. The van der Waals surface area contributed by atoms with Crippen molar-refractivity contribution in [2.45, 2.75) is 46.1 Å². The molecule has 0 radical (unpaired) electrons. The average molecular weight is 230 g/mol. The molecule has 5 nitrogen and oxygen atoms in total. The van der Waals surface area contributed by atoms with Gasteiger partial charge in [-0.1, -0.05) is 33.6 Å². The van der Waals surface area contributed by atoms with E-state index in [2.05, 4.69) is 10.6 Å². The Bertz CT molecular complexity index is 231. The standard InChI is InChI=1S/C11H22N2O3/c1-4-6-9(10(14)15)13-11(16)12-7-8(3)5-2/h8-9H,4-7H2,1-3H3,(H,14,15)(H2,12,13,16)/t8?,9-/m1/s1. The van der Waals surface area contributed by atoms with Crippen LogP contribution in [-0.4, -0.2) is 29.7 Å². The first-order valence-electron chi connectivity index (χ1n) is 5.78. The van der Waals surface area contributed by atoms with Crippen LogP contribution >= 0.6 is 0 Å². The van der Waals surface area contributed by atoms with Gasteiger partial charge in [0.2, 0.25) is 0 Å². The Hall–Kier alpha value is -1.26. The monoisotopic (exact) mass is 230 g/mol. The summed E-state index contributed by atoms with van der Waals surface area (Å²) in [6, 6.07) is -1.19. The van der Waals surface area contributed by atoms with E-state index in [-0.39, 0.29) is 0 Å². The van der Waals surface area contributed by atoms with Gasteiger partial charge in [0.25, 0.3) is 0 Å². The molecule has 1 unspecified atom stereocenters. The Morgan fingerprint density at radius 3 is 2.38 bits per heavy atom. The third-order valence-corrected chi connectivity index (χ3v) is 2.49. The first-order valence-corrected chi connectivity index (χ1v) is 5.78. The van der Waals surface area contributed by atoms with Crippen LogP contribution < -0.4 is 10.6 Å². The highest BCUT2D eigenvalue weighted by Crippen LogP contribution is 1.98. The Morgan fingerprint density at radius 2 is 1.94 bits per heavy atom. The molecule has 5 heteroatoms. The molecule has 0 rings (SSSR count). The van der Waals surface area contributed by atoms with E-state index in [0.29, 0.717) is 18.9 Å². The lowest BCUT2D eigenvalue weighted by Crippen LogP contribution is -2.46. The van der Waals surface area contributed by atoms with Crippen LogP contribution in [0.2, 0.25) is 0 Å². The summed E-state index contributed by atoms with van der Waals surface area (Å²) >= 11 is 0. The van der Waals surface area contributed by atoms with Crippen LogP contribution in [0.1, 0.15) is 40.0 Å². The largest absolute Gasteiger partial charge is 0.480 e. The number of carbonyl (C=O) groups is 2. The van der Waals surface area contributed by atoms with Gasteiger partial charge in [0, 0.05) is 6.54 Å². The lowest BCUT2D eigenvalue weighted by molar-refractivity contribution is -0.139. The molecule has 94 valence electrons. The summed E-state index contributed by atoms with van der Waals surface area (Å²) in [5, 5.41) is 13.9. The molecule has 0 spiro atoms. The molecule has 0 bridgehead atoms. The van der Waals surface area contributed by atoms with Crippen molar-refractivity contribution in [2.75, 3.05) is 6.54 Å². The zero-order chi connectivity index (χ0) is 12.6. The summed E-state index contributed by atoms with van der Waals surface area (Å²) in [4.78, 5) is 22.1. The van der Waals surface area contributed by atoms with Gasteiger partial charge in [-0.2, -0.15) is 0 Å². The molecule has 0 aliphatic rings. The van der Waals surface area contributed by atoms with Crippen molar-refractivity contribution in [1.29, 1.82) is 0 Å². The molecule has 0 aliphatic carbocycles. The van der Waals surface area contributed by atoms with Crippen LogP contribution in [0.3, 0.4) is 0 Å². The minimum Gasteiger partial charge on any atom is -0.480 e. The number of hydrogen-bond acceptors (Lipinski definition) is 2. The smallest absolute Gasteiger partial charge is 0.326 e. The van der Waals surface area contributed by atoms with Crippen LogP contribution in [0.4, 0.5) is 4.79 Å². The molecule has 0 fully saturated rings. The van der Waals surface area contributed by atoms with Crippen molar-refractivity contribution in [3.8, 4) is 0 Å². The maximum absolute atomic E-state index is 11.4. The number of carboxylic acid groups (broad SMARTS) is 1. The van der Waals surface area contributed by atoms with E-state index in [1.807, 2.05) is 20.8 Å². The Kier molecular flexibility index (Phi) is 7.33. The summed E-state index contributed by atoms with van der Waals surface area (Å²) < 4.78 is 0. The van der Waals surface area contributed by atoms with Crippen molar-refractivity contribution >= 4 is 12.0 Å². The third-order valence-electron chi connectivity index (χ3n) is 2.49. The van der Waals surface area contributed by atoms with E-state index in [9.17, 15) is 9.59 Å². The SMILES string of the molecule is CCC[C@@H](NC(=O)NCC(C)CC)C(=O)O.